The van der Waals surface area contributed by atoms with E-state index >= 15 is 0 Å². The highest BCUT2D eigenvalue weighted by Crippen LogP contribution is 2.23. The van der Waals surface area contributed by atoms with Crippen molar-refractivity contribution in [1.82, 2.24) is 4.98 Å². The minimum absolute atomic E-state index is 0.0331. The summed E-state index contributed by atoms with van der Waals surface area (Å²) in [6.45, 7) is 4.17. The second kappa shape index (κ2) is 4.75. The molecular formula is C11H14BrNO2. The summed E-state index contributed by atoms with van der Waals surface area (Å²) >= 11 is 3.44. The monoisotopic (exact) mass is 271 g/mol. The van der Waals surface area contributed by atoms with E-state index in [-0.39, 0.29) is 11.4 Å². The topological polar surface area (TPSA) is 39.2 Å². The maximum atomic E-state index is 11.2. The minimum atomic E-state index is -0.356. The van der Waals surface area contributed by atoms with Gasteiger partial charge in [-0.2, -0.15) is 0 Å². The fraction of sp³-hybridized carbons (Fsp3) is 0.455. The van der Waals surface area contributed by atoms with Gasteiger partial charge in [-0.3, -0.25) is 4.98 Å². The van der Waals surface area contributed by atoms with Crippen LogP contribution in [-0.2, 0) is 10.2 Å². The third-order valence-electron chi connectivity index (χ3n) is 2.21. The second-order valence-corrected chi connectivity index (χ2v) is 4.50. The van der Waals surface area contributed by atoms with Crippen LogP contribution in [0.15, 0.2) is 18.3 Å². The summed E-state index contributed by atoms with van der Waals surface area (Å²) in [4.78, 5) is 15.4. The van der Waals surface area contributed by atoms with Gasteiger partial charge in [0.1, 0.15) is 0 Å². The number of hydrogen-bond acceptors (Lipinski definition) is 3. The molecule has 0 radical (unpaired) electrons. The van der Waals surface area contributed by atoms with E-state index in [2.05, 4.69) is 39.5 Å². The van der Waals surface area contributed by atoms with Gasteiger partial charge in [0.2, 0.25) is 0 Å². The van der Waals surface area contributed by atoms with Crippen LogP contribution in [0.3, 0.4) is 0 Å². The van der Waals surface area contributed by atoms with Crippen molar-refractivity contribution in [2.75, 3.05) is 12.4 Å². The van der Waals surface area contributed by atoms with E-state index in [9.17, 15) is 4.79 Å². The fourth-order valence-corrected chi connectivity index (χ4v) is 1.39. The van der Waals surface area contributed by atoms with Gasteiger partial charge < -0.3 is 4.74 Å². The van der Waals surface area contributed by atoms with E-state index in [0.717, 1.165) is 11.0 Å². The highest BCUT2D eigenvalue weighted by molar-refractivity contribution is 9.09. The number of hydrogen-bond donors (Lipinski definition) is 0. The molecule has 0 N–H and O–H groups in total. The number of alkyl halides is 1. The Hall–Kier alpha value is -0.900. The summed E-state index contributed by atoms with van der Waals surface area (Å²) in [5.74, 6) is -0.356. The molecule has 0 aliphatic carbocycles. The second-order valence-electron chi connectivity index (χ2n) is 3.94. The molecule has 0 atom stereocenters. The van der Waals surface area contributed by atoms with Gasteiger partial charge in [0, 0.05) is 22.6 Å². The zero-order valence-electron chi connectivity index (χ0n) is 9.08. The van der Waals surface area contributed by atoms with Crippen LogP contribution >= 0.6 is 15.9 Å². The van der Waals surface area contributed by atoms with E-state index in [1.165, 1.54) is 7.11 Å². The van der Waals surface area contributed by atoms with Crippen molar-refractivity contribution in [2.24, 2.45) is 0 Å². The number of rotatable bonds is 3. The van der Waals surface area contributed by atoms with Gasteiger partial charge in [0.05, 0.1) is 12.7 Å². The van der Waals surface area contributed by atoms with Crippen molar-refractivity contribution in [1.29, 1.82) is 0 Å². The van der Waals surface area contributed by atoms with Crippen LogP contribution in [0.5, 0.6) is 0 Å². The van der Waals surface area contributed by atoms with Gasteiger partial charge in [0.15, 0.2) is 0 Å². The predicted molar refractivity (Wildman–Crippen MR) is 62.4 cm³/mol. The summed E-state index contributed by atoms with van der Waals surface area (Å²) < 4.78 is 4.60. The number of halogens is 1. The van der Waals surface area contributed by atoms with E-state index in [0.29, 0.717) is 5.56 Å². The van der Waals surface area contributed by atoms with Gasteiger partial charge in [-0.1, -0.05) is 29.8 Å². The normalized spacial score (nSPS) is 11.2. The molecule has 0 saturated carbocycles. The van der Waals surface area contributed by atoms with E-state index in [1.54, 1.807) is 12.3 Å². The number of carbonyl (C=O) groups excluding carboxylic acids is 1. The molecular weight excluding hydrogens is 258 g/mol. The van der Waals surface area contributed by atoms with Crippen molar-refractivity contribution >= 4 is 21.9 Å². The lowest BCUT2D eigenvalue weighted by Gasteiger charge is -2.20. The maximum Gasteiger partial charge on any atom is 0.339 e. The zero-order valence-corrected chi connectivity index (χ0v) is 10.7. The van der Waals surface area contributed by atoms with E-state index < -0.39 is 0 Å². The average Bonchev–Trinajstić information content (AvgIpc) is 2.28. The Kier molecular flexibility index (Phi) is 3.85. The first-order valence-corrected chi connectivity index (χ1v) is 5.74. The molecule has 0 aliphatic heterocycles. The number of ether oxygens (including phenoxy) is 1. The van der Waals surface area contributed by atoms with Crippen LogP contribution in [0.1, 0.15) is 29.9 Å². The van der Waals surface area contributed by atoms with Crippen LogP contribution in [-0.4, -0.2) is 23.4 Å². The average molecular weight is 272 g/mol. The number of nitrogens with zero attached hydrogens (tertiary/aromatic N) is 1. The molecule has 15 heavy (non-hydrogen) atoms. The molecule has 1 rings (SSSR count). The van der Waals surface area contributed by atoms with Crippen molar-refractivity contribution in [3.63, 3.8) is 0 Å². The fourth-order valence-electron chi connectivity index (χ4n) is 1.10. The predicted octanol–water partition coefficient (Wildman–Crippen LogP) is 2.54. The quantitative estimate of drug-likeness (QED) is 0.627. The summed E-state index contributed by atoms with van der Waals surface area (Å²) in [7, 11) is 1.36. The van der Waals surface area contributed by atoms with E-state index in [4.69, 9.17) is 0 Å². The third-order valence-corrected chi connectivity index (χ3v) is 3.61. The van der Waals surface area contributed by atoms with E-state index in [1.807, 2.05) is 6.07 Å². The zero-order chi connectivity index (χ0) is 11.5. The Labute approximate surface area is 98.0 Å². The van der Waals surface area contributed by atoms with Crippen molar-refractivity contribution in [3.05, 3.63) is 29.6 Å². The van der Waals surface area contributed by atoms with Crippen molar-refractivity contribution in [2.45, 2.75) is 19.3 Å². The minimum Gasteiger partial charge on any atom is -0.465 e. The molecule has 0 aromatic carbocycles. The molecule has 0 spiro atoms. The van der Waals surface area contributed by atoms with Crippen LogP contribution in [0.2, 0.25) is 0 Å². The molecule has 0 unspecified atom stereocenters. The summed E-state index contributed by atoms with van der Waals surface area (Å²) in [5.41, 5.74) is 1.40. The molecule has 0 fully saturated rings. The maximum absolute atomic E-state index is 11.2. The van der Waals surface area contributed by atoms with Gasteiger partial charge in [0.25, 0.3) is 0 Å². The Morgan fingerprint density at radius 3 is 2.60 bits per heavy atom. The lowest BCUT2D eigenvalue weighted by atomic mass is 9.91. The molecule has 4 heteroatoms. The Morgan fingerprint density at radius 1 is 1.53 bits per heavy atom. The van der Waals surface area contributed by atoms with Gasteiger partial charge >= 0.3 is 5.97 Å². The number of pyridine rings is 1. The third kappa shape index (κ3) is 2.78. The molecule has 0 saturated heterocycles. The molecule has 0 amide bonds. The molecule has 82 valence electrons. The van der Waals surface area contributed by atoms with Gasteiger partial charge in [-0.15, -0.1) is 0 Å². The first-order chi connectivity index (χ1) is 7.01. The lowest BCUT2D eigenvalue weighted by molar-refractivity contribution is 0.0600. The van der Waals surface area contributed by atoms with Gasteiger partial charge in [-0.05, 0) is 12.1 Å². The molecule has 1 aromatic rings. The summed E-state index contributed by atoms with van der Waals surface area (Å²) in [6.07, 6.45) is 1.55. The number of aromatic nitrogens is 1. The van der Waals surface area contributed by atoms with Crippen LogP contribution in [0.4, 0.5) is 0 Å². The lowest BCUT2D eigenvalue weighted by Crippen LogP contribution is -2.20. The first-order valence-electron chi connectivity index (χ1n) is 4.62. The Bertz CT molecular complexity index is 346. The summed E-state index contributed by atoms with van der Waals surface area (Å²) in [6, 6.07) is 3.59. The highest BCUT2D eigenvalue weighted by atomic mass is 79.9. The molecule has 1 heterocycles. The van der Waals surface area contributed by atoms with Crippen molar-refractivity contribution < 1.29 is 9.53 Å². The number of carbonyl (C=O) groups is 1. The van der Waals surface area contributed by atoms with Crippen LogP contribution in [0, 0.1) is 0 Å². The highest BCUT2D eigenvalue weighted by Gasteiger charge is 2.20. The van der Waals surface area contributed by atoms with Gasteiger partial charge in [-0.25, -0.2) is 4.79 Å². The largest absolute Gasteiger partial charge is 0.465 e. The Morgan fingerprint density at radius 2 is 2.20 bits per heavy atom. The molecule has 0 bridgehead atoms. The first kappa shape index (κ1) is 12.2. The van der Waals surface area contributed by atoms with Crippen LogP contribution < -0.4 is 0 Å². The number of methoxy groups -OCH3 is 1. The van der Waals surface area contributed by atoms with Crippen LogP contribution in [0.25, 0.3) is 0 Å². The molecule has 0 aliphatic rings. The SMILES string of the molecule is COC(=O)c1ccc(C(C)(C)CBr)nc1. The molecule has 1 aromatic heterocycles. The standard InChI is InChI=1S/C11H14BrNO2/c1-11(2,7-12)9-5-4-8(6-13-9)10(14)15-3/h4-6H,7H2,1-3H3. The van der Waals surface area contributed by atoms with Crippen molar-refractivity contribution in [3.8, 4) is 0 Å². The Balaban J connectivity index is 2.95. The summed E-state index contributed by atoms with van der Waals surface area (Å²) in [5, 5.41) is 0.824. The number of esters is 1. The molecule has 3 nitrogen and oxygen atoms in total. The smallest absolute Gasteiger partial charge is 0.339 e.